The minimum absolute atomic E-state index is 0.0964. The molecule has 1 unspecified atom stereocenters. The second-order valence-corrected chi connectivity index (χ2v) is 7.10. The molecule has 0 radical (unpaired) electrons. The molecule has 0 aliphatic carbocycles. The zero-order chi connectivity index (χ0) is 15.4. The summed E-state index contributed by atoms with van der Waals surface area (Å²) in [7, 11) is 0. The largest absolute Gasteiger partial charge is 0.327 e. The van der Waals surface area contributed by atoms with Gasteiger partial charge in [-0.2, -0.15) is 0 Å². The van der Waals surface area contributed by atoms with E-state index in [9.17, 15) is 0 Å². The summed E-state index contributed by atoms with van der Waals surface area (Å²) < 4.78 is 0. The van der Waals surface area contributed by atoms with Gasteiger partial charge in [-0.05, 0) is 48.7 Å². The minimum atomic E-state index is 0.0964. The Balaban J connectivity index is 2.35. The molecule has 2 N–H and O–H groups in total. The van der Waals surface area contributed by atoms with Gasteiger partial charge in [-0.1, -0.05) is 59.6 Å². The fourth-order valence-corrected chi connectivity index (χ4v) is 3.74. The first-order valence-electron chi connectivity index (χ1n) is 6.67. The lowest BCUT2D eigenvalue weighted by Gasteiger charge is -2.15. The molecule has 5 heteroatoms. The lowest BCUT2D eigenvalue weighted by Crippen LogP contribution is -2.21. The highest BCUT2D eigenvalue weighted by atomic mass is 35.5. The first-order valence-corrected chi connectivity index (χ1v) is 8.62. The highest BCUT2D eigenvalue weighted by Crippen LogP contribution is 2.38. The van der Waals surface area contributed by atoms with Gasteiger partial charge in [-0.3, -0.25) is 0 Å². The average Bonchev–Trinajstić information content (AvgIpc) is 2.46. The number of hydrogen-bond donors (Lipinski definition) is 1. The van der Waals surface area contributed by atoms with E-state index in [0.717, 1.165) is 33.2 Å². The SMILES string of the molecule is CCC(N)Cc1c(Cl)cccc1Sc1cc(Cl)ccc1Cl. The Morgan fingerprint density at radius 3 is 2.52 bits per heavy atom. The molecule has 1 nitrogen and oxygen atoms in total. The normalized spacial score (nSPS) is 12.4. The van der Waals surface area contributed by atoms with Crippen molar-refractivity contribution in [3.05, 3.63) is 57.0 Å². The van der Waals surface area contributed by atoms with Crippen LogP contribution < -0.4 is 5.73 Å². The molecule has 0 aromatic heterocycles. The van der Waals surface area contributed by atoms with Crippen LogP contribution >= 0.6 is 46.6 Å². The second-order valence-electron chi connectivity index (χ2n) is 4.77. The maximum atomic E-state index is 6.34. The topological polar surface area (TPSA) is 26.0 Å². The molecule has 21 heavy (non-hydrogen) atoms. The van der Waals surface area contributed by atoms with Crippen LogP contribution in [0.4, 0.5) is 0 Å². The molecular weight excluding hydrogens is 345 g/mol. The quantitative estimate of drug-likeness (QED) is 0.699. The molecule has 0 spiro atoms. The van der Waals surface area contributed by atoms with Crippen LogP contribution in [0.1, 0.15) is 18.9 Å². The maximum absolute atomic E-state index is 6.34. The van der Waals surface area contributed by atoms with Gasteiger partial charge in [0.1, 0.15) is 0 Å². The highest BCUT2D eigenvalue weighted by Gasteiger charge is 2.13. The Labute approximate surface area is 144 Å². The minimum Gasteiger partial charge on any atom is -0.327 e. The average molecular weight is 361 g/mol. The molecule has 0 bridgehead atoms. The monoisotopic (exact) mass is 359 g/mol. The number of rotatable bonds is 5. The van der Waals surface area contributed by atoms with E-state index in [2.05, 4.69) is 6.92 Å². The Morgan fingerprint density at radius 2 is 1.81 bits per heavy atom. The molecule has 2 rings (SSSR count). The fourth-order valence-electron chi connectivity index (χ4n) is 1.91. The van der Waals surface area contributed by atoms with Crippen molar-refractivity contribution in [2.75, 3.05) is 0 Å². The van der Waals surface area contributed by atoms with E-state index >= 15 is 0 Å². The summed E-state index contributed by atoms with van der Waals surface area (Å²) in [4.78, 5) is 1.98. The molecule has 2 aromatic carbocycles. The Kier molecular flexibility index (Phi) is 6.27. The van der Waals surface area contributed by atoms with Crippen molar-refractivity contribution in [1.82, 2.24) is 0 Å². The van der Waals surface area contributed by atoms with Crippen LogP contribution in [0.5, 0.6) is 0 Å². The van der Waals surface area contributed by atoms with Gasteiger partial charge in [0.15, 0.2) is 0 Å². The molecule has 0 aliphatic heterocycles. The van der Waals surface area contributed by atoms with Crippen LogP contribution in [0.2, 0.25) is 15.1 Å². The highest BCUT2D eigenvalue weighted by molar-refractivity contribution is 7.99. The van der Waals surface area contributed by atoms with E-state index in [-0.39, 0.29) is 6.04 Å². The van der Waals surface area contributed by atoms with Crippen molar-refractivity contribution in [2.24, 2.45) is 5.73 Å². The summed E-state index contributed by atoms with van der Waals surface area (Å²) in [6, 6.07) is 11.4. The number of hydrogen-bond acceptors (Lipinski definition) is 2. The molecule has 112 valence electrons. The van der Waals surface area contributed by atoms with E-state index in [0.29, 0.717) is 10.0 Å². The van der Waals surface area contributed by atoms with Crippen LogP contribution in [0.15, 0.2) is 46.2 Å². The molecule has 0 heterocycles. The van der Waals surface area contributed by atoms with Gasteiger partial charge in [0.25, 0.3) is 0 Å². The first kappa shape index (κ1) is 17.0. The molecule has 0 saturated heterocycles. The molecule has 0 saturated carbocycles. The van der Waals surface area contributed by atoms with Gasteiger partial charge in [0, 0.05) is 25.9 Å². The van der Waals surface area contributed by atoms with Crippen LogP contribution in [0.3, 0.4) is 0 Å². The maximum Gasteiger partial charge on any atom is 0.0546 e. The standard InChI is InChI=1S/C16H16Cl3NS/c1-2-11(20)9-12-13(18)4-3-5-15(12)21-16-8-10(17)6-7-14(16)19/h3-8,11H,2,9,20H2,1H3. The number of halogens is 3. The Bertz CT molecular complexity index is 631. The lowest BCUT2D eigenvalue weighted by molar-refractivity contribution is 0.641. The zero-order valence-electron chi connectivity index (χ0n) is 11.6. The van der Waals surface area contributed by atoms with Crippen molar-refractivity contribution in [3.8, 4) is 0 Å². The predicted molar refractivity (Wildman–Crippen MR) is 94.0 cm³/mol. The summed E-state index contributed by atoms with van der Waals surface area (Å²) in [5.74, 6) is 0. The van der Waals surface area contributed by atoms with Crippen LogP contribution in [-0.4, -0.2) is 6.04 Å². The predicted octanol–water partition coefficient (Wildman–Crippen LogP) is 6.08. The Hall–Kier alpha value is -0.380. The van der Waals surface area contributed by atoms with Crippen LogP contribution in [0, 0.1) is 0 Å². The van der Waals surface area contributed by atoms with E-state index in [1.54, 1.807) is 23.9 Å². The van der Waals surface area contributed by atoms with Crippen molar-refractivity contribution in [2.45, 2.75) is 35.6 Å². The van der Waals surface area contributed by atoms with Gasteiger partial charge < -0.3 is 5.73 Å². The van der Waals surface area contributed by atoms with Crippen molar-refractivity contribution < 1.29 is 0 Å². The summed E-state index contributed by atoms with van der Waals surface area (Å²) in [6.07, 6.45) is 1.66. The third kappa shape index (κ3) is 4.54. The molecule has 2 aromatic rings. The van der Waals surface area contributed by atoms with E-state index in [1.165, 1.54) is 0 Å². The van der Waals surface area contributed by atoms with Gasteiger partial charge in [0.2, 0.25) is 0 Å². The van der Waals surface area contributed by atoms with Crippen molar-refractivity contribution >= 4 is 46.6 Å². The van der Waals surface area contributed by atoms with Crippen LogP contribution in [-0.2, 0) is 6.42 Å². The van der Waals surface area contributed by atoms with Gasteiger partial charge in [-0.25, -0.2) is 0 Å². The van der Waals surface area contributed by atoms with Gasteiger partial charge >= 0.3 is 0 Å². The molecular formula is C16H16Cl3NS. The smallest absolute Gasteiger partial charge is 0.0546 e. The Morgan fingerprint density at radius 1 is 1.05 bits per heavy atom. The third-order valence-electron chi connectivity index (χ3n) is 3.18. The fraction of sp³-hybridized carbons (Fsp3) is 0.250. The summed E-state index contributed by atoms with van der Waals surface area (Å²) in [5, 5.41) is 2.08. The zero-order valence-corrected chi connectivity index (χ0v) is 14.7. The number of nitrogens with two attached hydrogens (primary N) is 1. The summed E-state index contributed by atoms with van der Waals surface area (Å²) in [5.41, 5.74) is 7.14. The summed E-state index contributed by atoms with van der Waals surface area (Å²) in [6.45, 7) is 2.07. The summed E-state index contributed by atoms with van der Waals surface area (Å²) >= 11 is 20.2. The van der Waals surface area contributed by atoms with Crippen molar-refractivity contribution in [1.29, 1.82) is 0 Å². The van der Waals surface area contributed by atoms with Gasteiger partial charge in [-0.15, -0.1) is 0 Å². The third-order valence-corrected chi connectivity index (χ3v) is 5.37. The molecule has 0 aliphatic rings. The molecule has 0 amide bonds. The lowest BCUT2D eigenvalue weighted by atomic mass is 10.0. The van der Waals surface area contributed by atoms with E-state index in [4.69, 9.17) is 40.5 Å². The number of benzene rings is 2. The van der Waals surface area contributed by atoms with Crippen LogP contribution in [0.25, 0.3) is 0 Å². The molecule has 1 atom stereocenters. The van der Waals surface area contributed by atoms with E-state index in [1.807, 2.05) is 24.3 Å². The van der Waals surface area contributed by atoms with E-state index < -0.39 is 0 Å². The second kappa shape index (κ2) is 7.75. The first-order chi connectivity index (χ1) is 10.0. The van der Waals surface area contributed by atoms with Crippen molar-refractivity contribution in [3.63, 3.8) is 0 Å². The van der Waals surface area contributed by atoms with Gasteiger partial charge in [0.05, 0.1) is 5.02 Å². The molecule has 0 fully saturated rings.